The molecule has 116 valence electrons. The van der Waals surface area contributed by atoms with Crippen LogP contribution in [0.5, 0.6) is 0 Å². The summed E-state index contributed by atoms with van der Waals surface area (Å²) in [7, 11) is 2.00. The molecular formula is C19H15N4O+. The Balaban J connectivity index is 1.82. The smallest absolute Gasteiger partial charge is 0.333 e. The summed E-state index contributed by atoms with van der Waals surface area (Å²) in [5.41, 5.74) is 4.65. The maximum atomic E-state index is 5.45. The third kappa shape index (κ3) is 1.72. The number of nitrogens with zero attached hydrogens (tertiary/aromatic N) is 4. The lowest BCUT2D eigenvalue weighted by atomic mass is 9.99. The fourth-order valence-electron chi connectivity index (χ4n) is 3.33. The van der Waals surface area contributed by atoms with Crippen molar-refractivity contribution in [2.75, 3.05) is 0 Å². The van der Waals surface area contributed by atoms with Crippen LogP contribution >= 0.6 is 0 Å². The lowest BCUT2D eigenvalue weighted by Gasteiger charge is -2.07. The lowest BCUT2D eigenvalue weighted by molar-refractivity contribution is -0.661. The number of imidazole rings is 1. The number of fused-ring (bicyclic) bond motifs is 4. The van der Waals surface area contributed by atoms with Crippen molar-refractivity contribution in [3.63, 3.8) is 0 Å². The van der Waals surface area contributed by atoms with Crippen LogP contribution in [0.3, 0.4) is 0 Å². The highest BCUT2D eigenvalue weighted by atomic mass is 16.5. The highest BCUT2D eigenvalue weighted by Gasteiger charge is 2.22. The Bertz CT molecular complexity index is 1230. The first kappa shape index (κ1) is 13.2. The van der Waals surface area contributed by atoms with Gasteiger partial charge >= 0.3 is 5.82 Å². The minimum atomic E-state index is 0.690. The molecule has 0 unspecified atom stereocenters. The Kier molecular flexibility index (Phi) is 2.56. The minimum Gasteiger partial charge on any atom is -0.381 e. The Morgan fingerprint density at radius 3 is 2.83 bits per heavy atom. The summed E-state index contributed by atoms with van der Waals surface area (Å²) in [5, 5.41) is 2.48. The maximum absolute atomic E-state index is 5.45. The molecule has 0 N–H and O–H groups in total. The minimum absolute atomic E-state index is 0.690. The first-order valence-corrected chi connectivity index (χ1v) is 7.84. The lowest BCUT2D eigenvalue weighted by Crippen LogP contribution is -2.32. The summed E-state index contributed by atoms with van der Waals surface area (Å²) in [5.74, 6) is 0.895. The molecule has 3 heterocycles. The zero-order valence-electron chi connectivity index (χ0n) is 13.4. The van der Waals surface area contributed by atoms with Gasteiger partial charge in [0, 0.05) is 6.07 Å². The molecule has 0 radical (unpaired) electrons. The van der Waals surface area contributed by atoms with E-state index in [9.17, 15) is 0 Å². The van der Waals surface area contributed by atoms with E-state index in [0.717, 1.165) is 22.6 Å². The molecule has 0 aliphatic heterocycles. The van der Waals surface area contributed by atoms with Crippen LogP contribution in [0, 0.1) is 6.92 Å². The van der Waals surface area contributed by atoms with Crippen molar-refractivity contribution in [3.8, 4) is 11.4 Å². The van der Waals surface area contributed by atoms with Gasteiger partial charge in [-0.2, -0.15) is 4.98 Å². The molecule has 0 saturated carbocycles. The van der Waals surface area contributed by atoms with Gasteiger partial charge in [-0.25, -0.2) is 4.57 Å². The van der Waals surface area contributed by atoms with Gasteiger partial charge in [0.15, 0.2) is 11.2 Å². The number of rotatable bonds is 1. The second-order valence-corrected chi connectivity index (χ2v) is 6.02. The second kappa shape index (κ2) is 4.64. The molecule has 0 aliphatic rings. The van der Waals surface area contributed by atoms with Gasteiger partial charge in [-0.15, -0.1) is 4.57 Å². The van der Waals surface area contributed by atoms with Crippen molar-refractivity contribution in [1.82, 2.24) is 14.5 Å². The van der Waals surface area contributed by atoms with Gasteiger partial charge in [0.1, 0.15) is 12.5 Å². The SMILES string of the molecule is Cc1c(-c2nc3nc4ccon4c3c[n+]2C)ccc2ccccc12. The topological polar surface area (TPSA) is 47.2 Å². The van der Waals surface area contributed by atoms with Crippen LogP contribution in [0.1, 0.15) is 5.56 Å². The number of benzene rings is 2. The highest BCUT2D eigenvalue weighted by molar-refractivity contribution is 5.90. The number of hydrogen-bond acceptors (Lipinski definition) is 3. The fraction of sp³-hybridized carbons (Fsp3) is 0.105. The van der Waals surface area contributed by atoms with E-state index in [0.29, 0.717) is 5.65 Å². The Morgan fingerprint density at radius 1 is 1.04 bits per heavy atom. The van der Waals surface area contributed by atoms with Crippen molar-refractivity contribution in [1.29, 1.82) is 0 Å². The predicted octanol–water partition coefficient (Wildman–Crippen LogP) is 3.43. The van der Waals surface area contributed by atoms with Crippen LogP contribution in [-0.4, -0.2) is 14.5 Å². The van der Waals surface area contributed by atoms with Crippen LogP contribution in [0.15, 0.2) is 59.4 Å². The third-order valence-electron chi connectivity index (χ3n) is 4.56. The van der Waals surface area contributed by atoms with Gasteiger partial charge in [-0.05, 0) is 34.3 Å². The van der Waals surface area contributed by atoms with Crippen molar-refractivity contribution >= 4 is 27.6 Å². The molecular weight excluding hydrogens is 300 g/mol. The number of aryl methyl sites for hydroxylation is 2. The van der Waals surface area contributed by atoms with Gasteiger partial charge in [0.05, 0.1) is 12.6 Å². The molecule has 0 spiro atoms. The van der Waals surface area contributed by atoms with E-state index < -0.39 is 0 Å². The summed E-state index contributed by atoms with van der Waals surface area (Å²) in [6.45, 7) is 2.14. The molecule has 0 saturated heterocycles. The third-order valence-corrected chi connectivity index (χ3v) is 4.56. The van der Waals surface area contributed by atoms with Crippen LogP contribution < -0.4 is 4.57 Å². The van der Waals surface area contributed by atoms with E-state index in [1.807, 2.05) is 23.9 Å². The number of hydrogen-bond donors (Lipinski definition) is 0. The van der Waals surface area contributed by atoms with Gasteiger partial charge in [-0.1, -0.05) is 30.3 Å². The van der Waals surface area contributed by atoms with Crippen molar-refractivity contribution < 1.29 is 9.09 Å². The molecule has 0 amide bonds. The Morgan fingerprint density at radius 2 is 1.92 bits per heavy atom. The number of aromatic nitrogens is 4. The highest BCUT2D eigenvalue weighted by Crippen LogP contribution is 2.27. The quantitative estimate of drug-likeness (QED) is 0.445. The van der Waals surface area contributed by atoms with Crippen molar-refractivity contribution in [2.45, 2.75) is 6.92 Å². The van der Waals surface area contributed by atoms with Crippen molar-refractivity contribution in [3.05, 3.63) is 60.5 Å². The molecule has 5 nitrogen and oxygen atoms in total. The molecule has 2 aromatic carbocycles. The summed E-state index contributed by atoms with van der Waals surface area (Å²) < 4.78 is 9.17. The summed E-state index contributed by atoms with van der Waals surface area (Å²) in [4.78, 5) is 9.33. The molecule has 0 atom stereocenters. The molecule has 0 bridgehead atoms. The maximum Gasteiger partial charge on any atom is 0.333 e. The summed E-state index contributed by atoms with van der Waals surface area (Å²) in [6.07, 6.45) is 3.64. The van der Waals surface area contributed by atoms with Crippen LogP contribution in [0.4, 0.5) is 0 Å². The van der Waals surface area contributed by atoms with Crippen LogP contribution in [0.25, 0.3) is 39.0 Å². The zero-order chi connectivity index (χ0) is 16.3. The van der Waals surface area contributed by atoms with E-state index in [1.165, 1.54) is 16.3 Å². The standard InChI is InChI=1S/C19H15N4O/c1-12-14-6-4-3-5-13(14)7-8-15(12)19-21-18-16(11-22(19)2)23-17(20-18)9-10-24-23/h3-11H,1-2H3/q+1. The molecule has 5 aromatic rings. The molecule has 0 fully saturated rings. The van der Waals surface area contributed by atoms with Crippen LogP contribution in [0.2, 0.25) is 0 Å². The fourth-order valence-corrected chi connectivity index (χ4v) is 3.33. The summed E-state index contributed by atoms with van der Waals surface area (Å²) >= 11 is 0. The average Bonchev–Trinajstić information content (AvgIpc) is 3.17. The van der Waals surface area contributed by atoms with E-state index in [2.05, 4.69) is 48.3 Å². The predicted molar refractivity (Wildman–Crippen MR) is 91.6 cm³/mol. The van der Waals surface area contributed by atoms with Crippen molar-refractivity contribution in [2.24, 2.45) is 7.05 Å². The zero-order valence-corrected chi connectivity index (χ0v) is 13.4. The largest absolute Gasteiger partial charge is 0.381 e. The van der Waals surface area contributed by atoms with Gasteiger partial charge < -0.3 is 4.52 Å². The first-order chi connectivity index (χ1) is 11.7. The Hall–Kier alpha value is -3.21. The molecule has 24 heavy (non-hydrogen) atoms. The first-order valence-electron chi connectivity index (χ1n) is 7.84. The average molecular weight is 315 g/mol. The van der Waals surface area contributed by atoms with Gasteiger partial charge in [-0.3, -0.25) is 0 Å². The second-order valence-electron chi connectivity index (χ2n) is 6.02. The molecule has 5 heteroatoms. The van der Waals surface area contributed by atoms with E-state index >= 15 is 0 Å². The molecule has 3 aromatic heterocycles. The molecule has 0 aliphatic carbocycles. The van der Waals surface area contributed by atoms with E-state index in [-0.39, 0.29) is 0 Å². The molecule has 5 rings (SSSR count). The van der Waals surface area contributed by atoms with E-state index in [4.69, 9.17) is 9.51 Å². The van der Waals surface area contributed by atoms with Gasteiger partial charge in [0.2, 0.25) is 0 Å². The monoisotopic (exact) mass is 315 g/mol. The Labute approximate surface area is 137 Å². The van der Waals surface area contributed by atoms with E-state index in [1.54, 1.807) is 10.8 Å². The summed E-state index contributed by atoms with van der Waals surface area (Å²) in [6, 6.07) is 14.5. The normalized spacial score (nSPS) is 11.8. The van der Waals surface area contributed by atoms with Crippen LogP contribution in [-0.2, 0) is 7.05 Å². The van der Waals surface area contributed by atoms with Gasteiger partial charge in [0.25, 0.3) is 5.65 Å².